The molecule has 2 aromatic carbocycles. The third-order valence-electron chi connectivity index (χ3n) is 5.23. The third kappa shape index (κ3) is 5.66. The van der Waals surface area contributed by atoms with Crippen molar-refractivity contribution in [2.75, 3.05) is 11.9 Å². The van der Waals surface area contributed by atoms with E-state index in [1.54, 1.807) is 14.0 Å². The van der Waals surface area contributed by atoms with E-state index in [1.165, 1.54) is 35.4 Å². The molecule has 0 spiro atoms. The summed E-state index contributed by atoms with van der Waals surface area (Å²) in [5.41, 5.74) is 0.531. The maximum atomic E-state index is 13.3. The normalized spacial score (nSPS) is 11.7. The van der Waals surface area contributed by atoms with E-state index >= 15 is 0 Å². The molecule has 1 heterocycles. The molecule has 1 atom stereocenters. The number of hydrogen-bond donors (Lipinski definition) is 1. The van der Waals surface area contributed by atoms with Gasteiger partial charge >= 0.3 is 5.69 Å². The van der Waals surface area contributed by atoms with Gasteiger partial charge < -0.3 is 4.90 Å². The number of rotatable bonds is 8. The Morgan fingerprint density at radius 3 is 2.38 bits per heavy atom. The number of carbonyl (C=O) groups excluding carboxylic acids is 2. The smallest absolute Gasteiger partial charge is 0.315 e. The first-order valence-corrected chi connectivity index (χ1v) is 10.1. The van der Waals surface area contributed by atoms with Gasteiger partial charge in [-0.05, 0) is 43.2 Å². The number of ketones is 1. The van der Waals surface area contributed by atoms with Crippen molar-refractivity contribution < 1.29 is 14.0 Å². The SMILES string of the molecule is Cc1cn(CC(=O)C[C@@H](Cc2ccccc2)C(=O)N(C)c2ccc(F)cc2)c(=O)[nH]c1=O. The number of H-pyrrole nitrogens is 1. The molecule has 8 heteroatoms. The van der Waals surface area contributed by atoms with Gasteiger partial charge in [-0.1, -0.05) is 30.3 Å². The highest BCUT2D eigenvalue weighted by atomic mass is 19.1. The van der Waals surface area contributed by atoms with Crippen LogP contribution in [0.3, 0.4) is 0 Å². The van der Waals surface area contributed by atoms with E-state index in [9.17, 15) is 23.6 Å². The molecule has 0 bridgehead atoms. The first-order valence-electron chi connectivity index (χ1n) is 10.1. The number of aromatic amines is 1. The second-order valence-corrected chi connectivity index (χ2v) is 7.70. The quantitative estimate of drug-likeness (QED) is 0.586. The number of benzene rings is 2. The van der Waals surface area contributed by atoms with Crippen LogP contribution in [0.1, 0.15) is 17.5 Å². The molecule has 1 aromatic heterocycles. The molecule has 0 aliphatic carbocycles. The summed E-state index contributed by atoms with van der Waals surface area (Å²) in [5.74, 6) is -1.70. The van der Waals surface area contributed by atoms with Crippen molar-refractivity contribution in [2.24, 2.45) is 5.92 Å². The van der Waals surface area contributed by atoms with Crippen LogP contribution in [-0.2, 0) is 22.6 Å². The molecule has 166 valence electrons. The molecule has 0 aliphatic rings. The van der Waals surface area contributed by atoms with E-state index in [1.807, 2.05) is 30.3 Å². The maximum absolute atomic E-state index is 13.3. The van der Waals surface area contributed by atoms with Crippen molar-refractivity contribution in [3.05, 3.63) is 98.6 Å². The van der Waals surface area contributed by atoms with E-state index in [4.69, 9.17) is 0 Å². The molecular weight excluding hydrogens is 413 g/mol. The lowest BCUT2D eigenvalue weighted by atomic mass is 9.92. The number of Topliss-reactive ketones (excluding diaryl/α,β-unsaturated/α-hetero) is 1. The van der Waals surface area contributed by atoms with Crippen LogP contribution < -0.4 is 16.1 Å². The summed E-state index contributed by atoms with van der Waals surface area (Å²) in [6, 6.07) is 14.8. The van der Waals surface area contributed by atoms with Gasteiger partial charge in [0, 0.05) is 36.8 Å². The second kappa shape index (κ2) is 10.00. The van der Waals surface area contributed by atoms with Gasteiger partial charge in [0.1, 0.15) is 5.82 Å². The van der Waals surface area contributed by atoms with Crippen LogP contribution in [0, 0.1) is 18.7 Å². The minimum atomic E-state index is -0.681. The van der Waals surface area contributed by atoms with Gasteiger partial charge in [-0.3, -0.25) is 23.9 Å². The van der Waals surface area contributed by atoms with E-state index in [-0.39, 0.29) is 24.7 Å². The fourth-order valence-corrected chi connectivity index (χ4v) is 3.48. The minimum Gasteiger partial charge on any atom is -0.315 e. The number of halogens is 1. The molecule has 0 unspecified atom stereocenters. The van der Waals surface area contributed by atoms with Gasteiger partial charge in [0.15, 0.2) is 5.78 Å². The Morgan fingerprint density at radius 1 is 1.06 bits per heavy atom. The summed E-state index contributed by atoms with van der Waals surface area (Å²) in [5, 5.41) is 0. The molecule has 3 rings (SSSR count). The second-order valence-electron chi connectivity index (χ2n) is 7.70. The summed E-state index contributed by atoms with van der Waals surface area (Å²) >= 11 is 0. The lowest BCUT2D eigenvalue weighted by Crippen LogP contribution is -2.37. The van der Waals surface area contributed by atoms with Crippen molar-refractivity contribution in [2.45, 2.75) is 26.3 Å². The van der Waals surface area contributed by atoms with Gasteiger partial charge in [-0.2, -0.15) is 0 Å². The molecule has 0 fully saturated rings. The molecule has 1 N–H and O–H groups in total. The van der Waals surface area contributed by atoms with E-state index < -0.39 is 23.0 Å². The number of nitrogens with one attached hydrogen (secondary N) is 1. The number of aryl methyl sites for hydroxylation is 1. The Bertz CT molecular complexity index is 1220. The third-order valence-corrected chi connectivity index (χ3v) is 5.23. The van der Waals surface area contributed by atoms with Crippen LogP contribution in [0.25, 0.3) is 0 Å². The lowest BCUT2D eigenvalue weighted by Gasteiger charge is -2.24. The zero-order chi connectivity index (χ0) is 23.3. The van der Waals surface area contributed by atoms with Crippen LogP contribution in [-0.4, -0.2) is 28.3 Å². The number of nitrogens with zero attached hydrogens (tertiary/aromatic N) is 2. The van der Waals surface area contributed by atoms with Gasteiger partial charge in [-0.15, -0.1) is 0 Å². The Hall–Kier alpha value is -3.81. The molecule has 0 radical (unpaired) electrons. The number of amides is 1. The number of anilines is 1. The predicted molar refractivity (Wildman–Crippen MR) is 119 cm³/mol. The number of hydrogen-bond acceptors (Lipinski definition) is 4. The number of carbonyl (C=O) groups is 2. The number of aromatic nitrogens is 2. The average Bonchev–Trinajstić information content (AvgIpc) is 2.77. The summed E-state index contributed by atoms with van der Waals surface area (Å²) in [6.07, 6.45) is 1.57. The fraction of sp³-hybridized carbons (Fsp3) is 0.250. The predicted octanol–water partition coefficient (Wildman–Crippen LogP) is 2.47. The highest BCUT2D eigenvalue weighted by Gasteiger charge is 2.26. The van der Waals surface area contributed by atoms with Crippen LogP contribution in [0.5, 0.6) is 0 Å². The monoisotopic (exact) mass is 437 g/mol. The molecule has 0 saturated carbocycles. The highest BCUT2D eigenvalue weighted by molar-refractivity contribution is 5.97. The van der Waals surface area contributed by atoms with Gasteiger partial charge in [0.25, 0.3) is 5.56 Å². The van der Waals surface area contributed by atoms with E-state index in [0.29, 0.717) is 17.7 Å². The summed E-state index contributed by atoms with van der Waals surface area (Å²) < 4.78 is 14.4. The van der Waals surface area contributed by atoms with Crippen molar-refractivity contribution in [1.29, 1.82) is 0 Å². The zero-order valence-electron chi connectivity index (χ0n) is 17.9. The largest absolute Gasteiger partial charge is 0.328 e. The van der Waals surface area contributed by atoms with Crippen LogP contribution in [0.15, 0.2) is 70.4 Å². The van der Waals surface area contributed by atoms with Crippen molar-refractivity contribution in [3.63, 3.8) is 0 Å². The van der Waals surface area contributed by atoms with E-state index in [2.05, 4.69) is 4.98 Å². The summed E-state index contributed by atoms with van der Waals surface area (Å²) in [7, 11) is 1.58. The van der Waals surface area contributed by atoms with Crippen molar-refractivity contribution in [1.82, 2.24) is 9.55 Å². The van der Waals surface area contributed by atoms with Crippen LogP contribution in [0.2, 0.25) is 0 Å². The molecule has 0 aliphatic heterocycles. The Kier molecular flexibility index (Phi) is 7.14. The van der Waals surface area contributed by atoms with Gasteiger partial charge in [0.05, 0.1) is 6.54 Å². The summed E-state index contributed by atoms with van der Waals surface area (Å²) in [6.45, 7) is 1.29. The molecule has 1 amide bonds. The van der Waals surface area contributed by atoms with Crippen molar-refractivity contribution >= 4 is 17.4 Å². The van der Waals surface area contributed by atoms with Crippen LogP contribution >= 0.6 is 0 Å². The Labute approximate surface area is 184 Å². The molecule has 0 saturated heterocycles. The molecule has 7 nitrogen and oxygen atoms in total. The first-order chi connectivity index (χ1) is 15.2. The average molecular weight is 437 g/mol. The Balaban J connectivity index is 1.82. The van der Waals surface area contributed by atoms with Crippen molar-refractivity contribution in [3.8, 4) is 0 Å². The fourth-order valence-electron chi connectivity index (χ4n) is 3.48. The summed E-state index contributed by atoms with van der Waals surface area (Å²) in [4.78, 5) is 53.2. The highest BCUT2D eigenvalue weighted by Crippen LogP contribution is 2.21. The standard InChI is InChI=1S/C24H24FN3O4/c1-16-14-28(24(32)26-22(16)30)15-21(29)13-18(12-17-6-4-3-5-7-17)23(31)27(2)20-10-8-19(25)9-11-20/h3-11,14,18H,12-13,15H2,1-2H3,(H,26,30,32)/t18-/m1/s1. The zero-order valence-corrected chi connectivity index (χ0v) is 17.9. The van der Waals surface area contributed by atoms with Gasteiger partial charge in [0.2, 0.25) is 5.91 Å². The maximum Gasteiger partial charge on any atom is 0.328 e. The first kappa shape index (κ1) is 22.9. The minimum absolute atomic E-state index is 0.0934. The molecule has 3 aromatic rings. The van der Waals surface area contributed by atoms with Crippen LogP contribution in [0.4, 0.5) is 10.1 Å². The Morgan fingerprint density at radius 2 is 1.72 bits per heavy atom. The topological polar surface area (TPSA) is 92.2 Å². The lowest BCUT2D eigenvalue weighted by molar-refractivity contribution is -0.127. The van der Waals surface area contributed by atoms with Gasteiger partial charge in [-0.25, -0.2) is 9.18 Å². The van der Waals surface area contributed by atoms with E-state index in [0.717, 1.165) is 10.1 Å². The molecule has 32 heavy (non-hydrogen) atoms. The molecular formula is C24H24FN3O4.